The molecule has 2 aliphatic rings. The number of carbonyl (C=O) groups excluding carboxylic acids is 1. The average molecular weight is 291 g/mol. The highest BCUT2D eigenvalue weighted by atomic mass is 16.5. The molecule has 0 aliphatic carbocycles. The summed E-state index contributed by atoms with van der Waals surface area (Å²) >= 11 is 0. The van der Waals surface area contributed by atoms with Gasteiger partial charge in [-0.1, -0.05) is 0 Å². The number of aromatic nitrogens is 1. The minimum Gasteiger partial charge on any atom is -0.381 e. The number of rotatable bonds is 4. The van der Waals surface area contributed by atoms with E-state index in [1.807, 2.05) is 12.1 Å². The van der Waals surface area contributed by atoms with Gasteiger partial charge in [0.2, 0.25) is 0 Å². The van der Waals surface area contributed by atoms with E-state index in [0.29, 0.717) is 18.0 Å². The van der Waals surface area contributed by atoms with E-state index in [2.05, 4.69) is 15.2 Å². The zero-order valence-electron chi connectivity index (χ0n) is 12.1. The molecule has 1 unspecified atom stereocenters. The molecule has 1 N–H and O–H groups in total. The van der Waals surface area contributed by atoms with Crippen molar-refractivity contribution in [2.75, 3.05) is 51.0 Å². The van der Waals surface area contributed by atoms with E-state index in [-0.39, 0.29) is 5.91 Å². The predicted octanol–water partition coefficient (Wildman–Crippen LogP) is 0.684. The van der Waals surface area contributed by atoms with Crippen molar-refractivity contribution in [1.29, 1.82) is 0 Å². The Labute approximate surface area is 124 Å². The first kappa shape index (κ1) is 14.3. The molecule has 2 aliphatic heterocycles. The van der Waals surface area contributed by atoms with Gasteiger partial charge in [-0.25, -0.2) is 4.98 Å². The molecule has 2 saturated heterocycles. The highest BCUT2D eigenvalue weighted by molar-refractivity contribution is 5.94. The SMILES string of the molecule is O=C(NCC1CCOC1)c1ccc(N2CCOCC2)nc1. The predicted molar refractivity (Wildman–Crippen MR) is 78.5 cm³/mol. The van der Waals surface area contributed by atoms with Crippen molar-refractivity contribution < 1.29 is 14.3 Å². The maximum absolute atomic E-state index is 12.1. The molecule has 2 fully saturated rings. The summed E-state index contributed by atoms with van der Waals surface area (Å²) in [5, 5.41) is 2.95. The van der Waals surface area contributed by atoms with Gasteiger partial charge in [-0.2, -0.15) is 0 Å². The third-order valence-corrected chi connectivity index (χ3v) is 3.92. The Morgan fingerprint density at radius 3 is 2.81 bits per heavy atom. The molecule has 0 radical (unpaired) electrons. The number of nitrogens with zero attached hydrogens (tertiary/aromatic N) is 2. The van der Waals surface area contributed by atoms with Crippen molar-refractivity contribution >= 4 is 11.7 Å². The van der Waals surface area contributed by atoms with Crippen LogP contribution in [0.2, 0.25) is 0 Å². The van der Waals surface area contributed by atoms with Gasteiger partial charge in [0.25, 0.3) is 5.91 Å². The Balaban J connectivity index is 1.54. The number of hydrogen-bond acceptors (Lipinski definition) is 5. The molecular formula is C15H21N3O3. The average Bonchev–Trinajstić information content (AvgIpc) is 3.07. The highest BCUT2D eigenvalue weighted by Gasteiger charge is 2.17. The van der Waals surface area contributed by atoms with Crippen molar-refractivity contribution in [2.45, 2.75) is 6.42 Å². The molecule has 0 spiro atoms. The summed E-state index contributed by atoms with van der Waals surface area (Å²) in [5.41, 5.74) is 0.603. The van der Waals surface area contributed by atoms with Gasteiger partial charge in [0, 0.05) is 38.4 Å². The molecule has 1 aromatic rings. The molecule has 6 heteroatoms. The van der Waals surface area contributed by atoms with Crippen LogP contribution in [0.25, 0.3) is 0 Å². The third kappa shape index (κ3) is 3.71. The van der Waals surface area contributed by atoms with E-state index in [0.717, 1.165) is 51.8 Å². The zero-order chi connectivity index (χ0) is 14.5. The van der Waals surface area contributed by atoms with E-state index in [9.17, 15) is 4.79 Å². The van der Waals surface area contributed by atoms with Crippen molar-refractivity contribution in [2.24, 2.45) is 5.92 Å². The fraction of sp³-hybridized carbons (Fsp3) is 0.600. The van der Waals surface area contributed by atoms with Crippen LogP contribution in [-0.2, 0) is 9.47 Å². The Hall–Kier alpha value is -1.66. The lowest BCUT2D eigenvalue weighted by Gasteiger charge is -2.27. The number of hydrogen-bond donors (Lipinski definition) is 1. The van der Waals surface area contributed by atoms with Crippen LogP contribution in [0.5, 0.6) is 0 Å². The molecule has 3 rings (SSSR count). The van der Waals surface area contributed by atoms with Crippen LogP contribution in [0.3, 0.4) is 0 Å². The molecule has 6 nitrogen and oxygen atoms in total. The Kier molecular flexibility index (Phi) is 4.67. The second kappa shape index (κ2) is 6.87. The topological polar surface area (TPSA) is 63.7 Å². The second-order valence-corrected chi connectivity index (χ2v) is 5.44. The Bertz CT molecular complexity index is 466. The normalized spacial score (nSPS) is 22.3. The standard InChI is InChI=1S/C15H21N3O3/c19-15(17-9-12-3-6-21-11-12)13-1-2-14(16-10-13)18-4-7-20-8-5-18/h1-2,10,12H,3-9,11H2,(H,17,19). The summed E-state index contributed by atoms with van der Waals surface area (Å²) in [7, 11) is 0. The van der Waals surface area contributed by atoms with Crippen molar-refractivity contribution in [3.63, 3.8) is 0 Å². The number of pyridine rings is 1. The molecule has 3 heterocycles. The van der Waals surface area contributed by atoms with Crippen molar-refractivity contribution in [3.8, 4) is 0 Å². The number of amides is 1. The molecule has 114 valence electrons. The summed E-state index contributed by atoms with van der Waals surface area (Å²) in [6.45, 7) is 5.37. The van der Waals surface area contributed by atoms with E-state index in [1.165, 1.54) is 0 Å². The number of anilines is 1. The molecule has 0 bridgehead atoms. The Morgan fingerprint density at radius 1 is 1.29 bits per heavy atom. The number of nitrogens with one attached hydrogen (secondary N) is 1. The lowest BCUT2D eigenvalue weighted by Crippen LogP contribution is -2.36. The molecule has 1 atom stereocenters. The van der Waals surface area contributed by atoms with Gasteiger partial charge in [-0.15, -0.1) is 0 Å². The van der Waals surface area contributed by atoms with Crippen molar-refractivity contribution in [3.05, 3.63) is 23.9 Å². The fourth-order valence-electron chi connectivity index (χ4n) is 2.58. The van der Waals surface area contributed by atoms with Gasteiger partial charge in [-0.3, -0.25) is 4.79 Å². The fourth-order valence-corrected chi connectivity index (χ4v) is 2.58. The van der Waals surface area contributed by atoms with Crippen molar-refractivity contribution in [1.82, 2.24) is 10.3 Å². The first-order valence-corrected chi connectivity index (χ1v) is 7.47. The lowest BCUT2D eigenvalue weighted by molar-refractivity contribution is 0.0944. The summed E-state index contributed by atoms with van der Waals surface area (Å²) in [4.78, 5) is 18.6. The second-order valence-electron chi connectivity index (χ2n) is 5.44. The van der Waals surface area contributed by atoms with Gasteiger partial charge in [0.15, 0.2) is 0 Å². The van der Waals surface area contributed by atoms with Crippen LogP contribution in [0.1, 0.15) is 16.8 Å². The summed E-state index contributed by atoms with van der Waals surface area (Å²) in [6, 6.07) is 3.73. The third-order valence-electron chi connectivity index (χ3n) is 3.92. The molecule has 0 aromatic carbocycles. The highest BCUT2D eigenvalue weighted by Crippen LogP contribution is 2.14. The first-order valence-electron chi connectivity index (χ1n) is 7.47. The Morgan fingerprint density at radius 2 is 2.14 bits per heavy atom. The van der Waals surface area contributed by atoms with Gasteiger partial charge >= 0.3 is 0 Å². The minimum atomic E-state index is -0.0667. The van der Waals surface area contributed by atoms with Crippen LogP contribution in [0, 0.1) is 5.92 Å². The van der Waals surface area contributed by atoms with E-state index >= 15 is 0 Å². The monoisotopic (exact) mass is 291 g/mol. The molecular weight excluding hydrogens is 270 g/mol. The minimum absolute atomic E-state index is 0.0667. The molecule has 21 heavy (non-hydrogen) atoms. The van der Waals surface area contributed by atoms with Gasteiger partial charge in [0.05, 0.1) is 25.4 Å². The maximum Gasteiger partial charge on any atom is 0.252 e. The first-order chi connectivity index (χ1) is 10.3. The van der Waals surface area contributed by atoms with Gasteiger partial charge in [0.1, 0.15) is 5.82 Å². The zero-order valence-corrected chi connectivity index (χ0v) is 12.1. The summed E-state index contributed by atoms with van der Waals surface area (Å²) in [5.74, 6) is 1.27. The molecule has 1 aromatic heterocycles. The van der Waals surface area contributed by atoms with E-state index in [4.69, 9.17) is 9.47 Å². The molecule has 0 saturated carbocycles. The van der Waals surface area contributed by atoms with Crippen LogP contribution in [0.15, 0.2) is 18.3 Å². The lowest BCUT2D eigenvalue weighted by atomic mass is 10.1. The number of ether oxygens (including phenoxy) is 2. The number of morpholine rings is 1. The number of carbonyl (C=O) groups is 1. The van der Waals surface area contributed by atoms with Crippen LogP contribution < -0.4 is 10.2 Å². The van der Waals surface area contributed by atoms with Crippen LogP contribution in [0.4, 0.5) is 5.82 Å². The summed E-state index contributed by atoms with van der Waals surface area (Å²) < 4.78 is 10.6. The maximum atomic E-state index is 12.1. The van der Waals surface area contributed by atoms with Crippen LogP contribution >= 0.6 is 0 Å². The van der Waals surface area contributed by atoms with E-state index < -0.39 is 0 Å². The quantitative estimate of drug-likeness (QED) is 0.884. The largest absolute Gasteiger partial charge is 0.381 e. The summed E-state index contributed by atoms with van der Waals surface area (Å²) in [6.07, 6.45) is 2.67. The van der Waals surface area contributed by atoms with Gasteiger partial charge in [-0.05, 0) is 18.6 Å². The van der Waals surface area contributed by atoms with Crippen LogP contribution in [-0.4, -0.2) is 57.0 Å². The molecule has 1 amide bonds. The van der Waals surface area contributed by atoms with E-state index in [1.54, 1.807) is 6.20 Å². The smallest absolute Gasteiger partial charge is 0.252 e. The van der Waals surface area contributed by atoms with Gasteiger partial charge < -0.3 is 19.7 Å².